The van der Waals surface area contributed by atoms with E-state index < -0.39 is 82.6 Å². The standard InChI is InChI=1S/C18H16F8O8S/c1-11(19)13(27)34-16(17(22,23)24,14(28)33-12-7-3-2-4-8-12)32-10-6-5-9-15(20,21)18(25,26)35(29,30)31/h2-4,7-8H,1,5-6,9-10H2,(H,29,30,31)/p-1. The molecule has 198 valence electrons. The number of esters is 2. The Morgan fingerprint density at radius 3 is 1.97 bits per heavy atom. The smallest absolute Gasteiger partial charge is 0.468 e. The highest BCUT2D eigenvalue weighted by molar-refractivity contribution is 7.86. The monoisotopic (exact) mass is 543 g/mol. The second kappa shape index (κ2) is 10.9. The second-order valence-corrected chi connectivity index (χ2v) is 8.01. The van der Waals surface area contributed by atoms with E-state index >= 15 is 0 Å². The van der Waals surface area contributed by atoms with Crippen molar-refractivity contribution in [2.75, 3.05) is 6.61 Å². The van der Waals surface area contributed by atoms with Crippen molar-refractivity contribution in [2.45, 2.75) is 42.4 Å². The van der Waals surface area contributed by atoms with Crippen LogP contribution in [0.1, 0.15) is 19.3 Å². The van der Waals surface area contributed by atoms with Crippen LogP contribution in [0.25, 0.3) is 0 Å². The molecule has 0 saturated carbocycles. The van der Waals surface area contributed by atoms with Crippen molar-refractivity contribution in [3.8, 4) is 5.75 Å². The van der Waals surface area contributed by atoms with Gasteiger partial charge >= 0.3 is 35.1 Å². The molecule has 0 bridgehead atoms. The Bertz CT molecular complexity index is 1030. The SMILES string of the molecule is C=C(F)C(=O)OC(OCCCCC(F)(F)C(F)(F)S(=O)(=O)[O-])(C(=O)Oc1ccccc1)C(F)(F)F. The summed E-state index contributed by atoms with van der Waals surface area (Å²) in [5.74, 6) is -17.5. The van der Waals surface area contributed by atoms with E-state index in [4.69, 9.17) is 0 Å². The van der Waals surface area contributed by atoms with Crippen LogP contribution in [0.3, 0.4) is 0 Å². The third kappa shape index (κ3) is 7.11. The van der Waals surface area contributed by atoms with Gasteiger partial charge in [-0.1, -0.05) is 24.8 Å². The van der Waals surface area contributed by atoms with Crippen molar-refractivity contribution >= 4 is 22.1 Å². The van der Waals surface area contributed by atoms with Crippen molar-refractivity contribution in [1.82, 2.24) is 0 Å². The molecule has 0 fully saturated rings. The number of para-hydroxylation sites is 1. The summed E-state index contributed by atoms with van der Waals surface area (Å²) in [5.41, 5.74) is 0. The van der Waals surface area contributed by atoms with Crippen LogP contribution in [0.4, 0.5) is 35.1 Å². The van der Waals surface area contributed by atoms with Gasteiger partial charge in [-0.3, -0.25) is 0 Å². The van der Waals surface area contributed by atoms with Crippen molar-refractivity contribution in [3.05, 3.63) is 42.7 Å². The minimum absolute atomic E-state index is 0.509. The molecule has 1 rings (SSSR count). The molecule has 0 aromatic heterocycles. The van der Waals surface area contributed by atoms with Gasteiger partial charge in [0.15, 0.2) is 10.1 Å². The molecule has 0 amide bonds. The van der Waals surface area contributed by atoms with Gasteiger partial charge in [0, 0.05) is 6.42 Å². The molecule has 0 heterocycles. The number of hydrogen-bond donors (Lipinski definition) is 0. The van der Waals surface area contributed by atoms with Gasteiger partial charge in [-0.25, -0.2) is 18.0 Å². The largest absolute Gasteiger partial charge is 0.743 e. The van der Waals surface area contributed by atoms with E-state index in [0.29, 0.717) is 0 Å². The van der Waals surface area contributed by atoms with Gasteiger partial charge in [-0.2, -0.15) is 35.1 Å². The normalized spacial score (nSPS) is 14.7. The summed E-state index contributed by atoms with van der Waals surface area (Å²) in [4.78, 5) is 23.7. The van der Waals surface area contributed by atoms with E-state index in [1.54, 1.807) is 0 Å². The Balaban J connectivity index is 3.09. The lowest BCUT2D eigenvalue weighted by molar-refractivity contribution is -0.352. The number of unbranched alkanes of at least 4 members (excludes halogenated alkanes) is 1. The summed E-state index contributed by atoms with van der Waals surface area (Å²) in [6.07, 6.45) is -10.1. The highest BCUT2D eigenvalue weighted by Gasteiger charge is 2.68. The lowest BCUT2D eigenvalue weighted by Crippen LogP contribution is -2.59. The van der Waals surface area contributed by atoms with E-state index in [9.17, 15) is 57.7 Å². The van der Waals surface area contributed by atoms with Crippen LogP contribution in [0.5, 0.6) is 5.75 Å². The Kier molecular flexibility index (Phi) is 9.38. The molecule has 0 aliphatic heterocycles. The Morgan fingerprint density at radius 2 is 1.51 bits per heavy atom. The molecule has 1 aromatic carbocycles. The van der Waals surface area contributed by atoms with Crippen molar-refractivity contribution in [2.24, 2.45) is 0 Å². The van der Waals surface area contributed by atoms with Crippen LogP contribution < -0.4 is 4.74 Å². The molecule has 0 N–H and O–H groups in total. The van der Waals surface area contributed by atoms with Crippen LogP contribution in [-0.4, -0.2) is 54.7 Å². The topological polar surface area (TPSA) is 119 Å². The Morgan fingerprint density at radius 1 is 0.971 bits per heavy atom. The second-order valence-electron chi connectivity index (χ2n) is 6.59. The van der Waals surface area contributed by atoms with Crippen LogP contribution in [0.15, 0.2) is 42.7 Å². The molecule has 1 aromatic rings. The number of hydrogen-bond acceptors (Lipinski definition) is 8. The Labute approximate surface area is 192 Å². The minimum atomic E-state index is -6.78. The van der Waals surface area contributed by atoms with Gasteiger partial charge < -0.3 is 18.8 Å². The number of ether oxygens (including phenoxy) is 3. The fraction of sp³-hybridized carbons (Fsp3) is 0.444. The average molecular weight is 543 g/mol. The molecule has 8 nitrogen and oxygen atoms in total. The zero-order valence-corrected chi connectivity index (χ0v) is 17.9. The van der Waals surface area contributed by atoms with Crippen LogP contribution in [0.2, 0.25) is 0 Å². The van der Waals surface area contributed by atoms with Crippen LogP contribution >= 0.6 is 0 Å². The number of carbonyl (C=O) groups excluding carboxylic acids is 2. The van der Waals surface area contributed by atoms with Gasteiger partial charge in [0.1, 0.15) is 5.75 Å². The predicted molar refractivity (Wildman–Crippen MR) is 96.6 cm³/mol. The van der Waals surface area contributed by atoms with Crippen molar-refractivity contribution in [1.29, 1.82) is 0 Å². The quantitative estimate of drug-likeness (QED) is 0.0743. The first-order chi connectivity index (χ1) is 15.8. The van der Waals surface area contributed by atoms with Crippen molar-refractivity contribution < 1.29 is 71.9 Å². The first kappa shape index (κ1) is 30.2. The fourth-order valence-electron chi connectivity index (χ4n) is 2.23. The zero-order valence-electron chi connectivity index (χ0n) is 17.1. The summed E-state index contributed by atoms with van der Waals surface area (Å²) in [6.45, 7) is 0.997. The third-order valence-corrected chi connectivity index (χ3v) is 4.91. The first-order valence-electron chi connectivity index (χ1n) is 9.05. The summed E-state index contributed by atoms with van der Waals surface area (Å²) in [5, 5.41) is -6.02. The molecule has 1 atom stereocenters. The molecular weight excluding hydrogens is 528 g/mol. The van der Waals surface area contributed by atoms with Crippen molar-refractivity contribution in [3.63, 3.8) is 0 Å². The summed E-state index contributed by atoms with van der Waals surface area (Å²) in [6, 6.07) is 5.84. The summed E-state index contributed by atoms with van der Waals surface area (Å²) < 4.78 is 151. The molecule has 0 spiro atoms. The number of alkyl halides is 7. The number of carbonyl (C=O) groups is 2. The summed E-state index contributed by atoms with van der Waals surface area (Å²) >= 11 is 0. The lowest BCUT2D eigenvalue weighted by Gasteiger charge is -2.32. The Hall–Kier alpha value is -2.79. The maximum absolute atomic E-state index is 13.8. The van der Waals surface area contributed by atoms with E-state index in [-0.39, 0.29) is 0 Å². The highest BCUT2D eigenvalue weighted by atomic mass is 32.2. The number of halogens is 8. The molecular formula is C18H15F8O8S-. The van der Waals surface area contributed by atoms with E-state index in [1.165, 1.54) is 18.2 Å². The van der Waals surface area contributed by atoms with E-state index in [1.807, 2.05) is 0 Å². The third-order valence-electron chi connectivity index (χ3n) is 3.98. The molecule has 0 aliphatic rings. The summed E-state index contributed by atoms with van der Waals surface area (Å²) in [7, 11) is -6.78. The molecule has 35 heavy (non-hydrogen) atoms. The number of rotatable bonds is 12. The first-order valence-corrected chi connectivity index (χ1v) is 10.5. The highest BCUT2D eigenvalue weighted by Crippen LogP contribution is 2.42. The van der Waals surface area contributed by atoms with Crippen LogP contribution in [0, 0.1) is 0 Å². The minimum Gasteiger partial charge on any atom is -0.743 e. The fourth-order valence-corrected chi connectivity index (χ4v) is 2.70. The van der Waals surface area contributed by atoms with Gasteiger partial charge in [0.25, 0.3) is 0 Å². The molecule has 1 unspecified atom stereocenters. The van der Waals surface area contributed by atoms with Gasteiger partial charge in [-0.15, -0.1) is 0 Å². The maximum Gasteiger partial charge on any atom is 0.468 e. The number of benzene rings is 1. The molecule has 0 aliphatic carbocycles. The molecule has 0 saturated heterocycles. The zero-order chi connectivity index (χ0) is 27.3. The predicted octanol–water partition coefficient (Wildman–Crippen LogP) is 3.84. The van der Waals surface area contributed by atoms with Gasteiger partial charge in [0.2, 0.25) is 5.83 Å². The van der Waals surface area contributed by atoms with E-state index in [2.05, 4.69) is 20.8 Å². The maximum atomic E-state index is 13.8. The molecule has 17 heteroatoms. The lowest BCUT2D eigenvalue weighted by atomic mass is 10.1. The van der Waals surface area contributed by atoms with E-state index in [0.717, 1.165) is 12.1 Å². The van der Waals surface area contributed by atoms with Gasteiger partial charge in [0.05, 0.1) is 6.61 Å². The van der Waals surface area contributed by atoms with Crippen LogP contribution in [-0.2, 0) is 29.2 Å². The molecule has 0 radical (unpaired) electrons. The average Bonchev–Trinajstić information content (AvgIpc) is 2.71. The van der Waals surface area contributed by atoms with Gasteiger partial charge in [-0.05, 0) is 25.0 Å².